The van der Waals surface area contributed by atoms with Gasteiger partial charge in [0.1, 0.15) is 11.5 Å². The van der Waals surface area contributed by atoms with Gasteiger partial charge < -0.3 is 19.4 Å². The first-order chi connectivity index (χ1) is 19.2. The Kier molecular flexibility index (Phi) is 5.90. The quantitative estimate of drug-likeness (QED) is 0.250. The number of carbonyl (C=O) groups excluding carboxylic acids is 2. The van der Waals surface area contributed by atoms with Crippen molar-refractivity contribution >= 4 is 44.8 Å². The van der Waals surface area contributed by atoms with Crippen molar-refractivity contribution in [1.82, 2.24) is 14.9 Å². The lowest BCUT2D eigenvalue weighted by atomic mass is 9.95. The zero-order valence-electron chi connectivity index (χ0n) is 21.3. The van der Waals surface area contributed by atoms with E-state index in [4.69, 9.17) is 9.47 Å². The maximum atomic E-state index is 14.0. The van der Waals surface area contributed by atoms with Crippen LogP contribution in [0.5, 0.6) is 11.5 Å². The highest BCUT2D eigenvalue weighted by molar-refractivity contribution is 6.50. The second kappa shape index (κ2) is 9.33. The zero-order chi connectivity index (χ0) is 28.2. The fourth-order valence-electron chi connectivity index (χ4n) is 5.12. The lowest BCUT2D eigenvalue weighted by molar-refractivity contribution is -0.137. The summed E-state index contributed by atoms with van der Waals surface area (Å²) in [5.74, 6) is -0.105. The predicted octanol–water partition coefficient (Wildman–Crippen LogP) is 6.17. The molecule has 5 aromatic rings. The van der Waals surface area contributed by atoms with Gasteiger partial charge >= 0.3 is 6.18 Å². The van der Waals surface area contributed by atoms with E-state index in [2.05, 4.69) is 9.97 Å². The van der Waals surface area contributed by atoms with E-state index < -0.39 is 23.6 Å². The lowest BCUT2D eigenvalue weighted by Gasteiger charge is -2.16. The number of rotatable bonds is 6. The minimum absolute atomic E-state index is 0.139. The van der Waals surface area contributed by atoms with Crippen molar-refractivity contribution in [2.45, 2.75) is 12.7 Å². The number of aromatic amines is 2. The Morgan fingerprint density at radius 2 is 1.27 bits per heavy atom. The lowest BCUT2D eigenvalue weighted by Crippen LogP contribution is -2.31. The normalized spacial score (nSPS) is 14.2. The fraction of sp³-hybridized carbons (Fsp3) is 0.133. The van der Waals surface area contributed by atoms with Crippen LogP contribution in [0.1, 0.15) is 22.3 Å². The van der Waals surface area contributed by atoms with E-state index in [9.17, 15) is 22.8 Å². The number of alkyl halides is 3. The summed E-state index contributed by atoms with van der Waals surface area (Å²) in [6.45, 7) is -0.327. The Hall–Kier alpha value is -4.99. The molecule has 202 valence electrons. The van der Waals surface area contributed by atoms with E-state index in [-0.39, 0.29) is 23.3 Å². The second-order valence-corrected chi connectivity index (χ2v) is 9.37. The van der Waals surface area contributed by atoms with Crippen LogP contribution in [0, 0.1) is 0 Å². The van der Waals surface area contributed by atoms with Gasteiger partial charge in [-0.2, -0.15) is 13.2 Å². The average molecular weight is 546 g/mol. The number of nitrogens with zero attached hydrogens (tertiary/aromatic N) is 1. The molecule has 2 N–H and O–H groups in total. The molecule has 1 aliphatic heterocycles. The van der Waals surface area contributed by atoms with E-state index >= 15 is 0 Å². The number of fused-ring (bicyclic) bond motifs is 2. The molecule has 0 bridgehead atoms. The SMILES string of the molecule is COc1ccc2[nH]cc(C3=C(c4c[nH]c5ccc(OC)cc45)C(=O)N(Cc4cccc(C(F)(F)F)c4)C3=O)c2c1. The first-order valence-electron chi connectivity index (χ1n) is 12.3. The van der Waals surface area contributed by atoms with Gasteiger partial charge in [0.2, 0.25) is 0 Å². The molecule has 0 spiro atoms. The van der Waals surface area contributed by atoms with Crippen molar-refractivity contribution < 1.29 is 32.2 Å². The molecule has 10 heteroatoms. The second-order valence-electron chi connectivity index (χ2n) is 9.37. The summed E-state index contributed by atoms with van der Waals surface area (Å²) in [6.07, 6.45) is -1.27. The molecule has 6 rings (SSSR count). The zero-order valence-corrected chi connectivity index (χ0v) is 21.3. The molecular formula is C30H22F3N3O4. The van der Waals surface area contributed by atoms with Gasteiger partial charge in [-0.15, -0.1) is 0 Å². The molecule has 2 aromatic heterocycles. The van der Waals surface area contributed by atoms with E-state index in [0.717, 1.165) is 28.1 Å². The molecule has 40 heavy (non-hydrogen) atoms. The number of imide groups is 1. The van der Waals surface area contributed by atoms with Crippen molar-refractivity contribution in [3.05, 3.63) is 95.3 Å². The number of hydrogen-bond acceptors (Lipinski definition) is 4. The number of halogens is 3. The number of hydrogen-bond donors (Lipinski definition) is 2. The number of benzene rings is 3. The largest absolute Gasteiger partial charge is 0.497 e. The van der Waals surface area contributed by atoms with Crippen molar-refractivity contribution in [1.29, 1.82) is 0 Å². The van der Waals surface area contributed by atoms with Crippen LogP contribution in [0.2, 0.25) is 0 Å². The minimum atomic E-state index is -4.56. The van der Waals surface area contributed by atoms with Gasteiger partial charge in [0.25, 0.3) is 11.8 Å². The fourth-order valence-corrected chi connectivity index (χ4v) is 5.12. The monoisotopic (exact) mass is 545 g/mol. The Morgan fingerprint density at radius 1 is 0.750 bits per heavy atom. The maximum absolute atomic E-state index is 14.0. The Labute approximate surface area is 225 Å². The molecule has 3 heterocycles. The van der Waals surface area contributed by atoms with Crippen LogP contribution < -0.4 is 9.47 Å². The van der Waals surface area contributed by atoms with Gasteiger partial charge in [-0.3, -0.25) is 14.5 Å². The van der Waals surface area contributed by atoms with Gasteiger partial charge in [0, 0.05) is 45.3 Å². The standard InChI is InChI=1S/C30H22F3N3O4/c1-39-18-6-8-24-20(11-18)22(13-34-24)26-27(23-14-35-25-9-7-19(40-2)12-21(23)25)29(38)36(28(26)37)15-16-4-3-5-17(10-16)30(31,32)33/h3-14,34-35H,15H2,1-2H3. The molecule has 0 saturated heterocycles. The summed E-state index contributed by atoms with van der Waals surface area (Å²) in [4.78, 5) is 35.3. The Bertz CT molecular complexity index is 1740. The summed E-state index contributed by atoms with van der Waals surface area (Å²) < 4.78 is 50.9. The summed E-state index contributed by atoms with van der Waals surface area (Å²) in [7, 11) is 3.05. The van der Waals surface area contributed by atoms with Crippen LogP contribution >= 0.6 is 0 Å². The molecule has 0 radical (unpaired) electrons. The number of methoxy groups -OCH3 is 2. The van der Waals surface area contributed by atoms with E-state index in [0.29, 0.717) is 33.4 Å². The van der Waals surface area contributed by atoms with Crippen LogP contribution in [0.25, 0.3) is 33.0 Å². The third kappa shape index (κ3) is 4.08. The first-order valence-corrected chi connectivity index (χ1v) is 12.3. The van der Waals surface area contributed by atoms with Gasteiger partial charge in [-0.05, 0) is 54.1 Å². The summed E-state index contributed by atoms with van der Waals surface area (Å²) in [5.41, 5.74) is 2.00. The average Bonchev–Trinajstić information content (AvgIpc) is 3.62. The van der Waals surface area contributed by atoms with Crippen LogP contribution in [0.4, 0.5) is 13.2 Å². The highest BCUT2D eigenvalue weighted by Crippen LogP contribution is 2.42. The minimum Gasteiger partial charge on any atom is -0.497 e. The molecule has 0 fully saturated rings. The number of amides is 2. The van der Waals surface area contributed by atoms with Crippen LogP contribution in [0.15, 0.2) is 73.1 Å². The van der Waals surface area contributed by atoms with Gasteiger partial charge in [-0.1, -0.05) is 12.1 Å². The molecule has 3 aromatic carbocycles. The maximum Gasteiger partial charge on any atom is 0.416 e. The van der Waals surface area contributed by atoms with Gasteiger partial charge in [0.05, 0.1) is 37.5 Å². The van der Waals surface area contributed by atoms with Gasteiger partial charge in [-0.25, -0.2) is 0 Å². The van der Waals surface area contributed by atoms with E-state index in [1.54, 1.807) is 48.8 Å². The van der Waals surface area contributed by atoms with Crippen LogP contribution in [-0.4, -0.2) is 40.9 Å². The number of nitrogens with one attached hydrogen (secondary N) is 2. The smallest absolute Gasteiger partial charge is 0.416 e. The number of carbonyl (C=O) groups is 2. The summed E-state index contributed by atoms with van der Waals surface area (Å²) in [5, 5.41) is 1.32. The van der Waals surface area contributed by atoms with Crippen molar-refractivity contribution in [3.8, 4) is 11.5 Å². The summed E-state index contributed by atoms with van der Waals surface area (Å²) in [6, 6.07) is 15.3. The molecule has 0 atom stereocenters. The molecule has 7 nitrogen and oxygen atoms in total. The number of ether oxygens (including phenoxy) is 2. The predicted molar refractivity (Wildman–Crippen MR) is 144 cm³/mol. The summed E-state index contributed by atoms with van der Waals surface area (Å²) >= 11 is 0. The molecule has 0 unspecified atom stereocenters. The van der Waals surface area contributed by atoms with Crippen molar-refractivity contribution in [3.63, 3.8) is 0 Å². The third-order valence-electron chi connectivity index (χ3n) is 7.08. The number of H-pyrrole nitrogens is 2. The topological polar surface area (TPSA) is 87.4 Å². The third-order valence-corrected chi connectivity index (χ3v) is 7.08. The molecule has 1 aliphatic rings. The number of aromatic nitrogens is 2. The van der Waals surface area contributed by atoms with Crippen molar-refractivity contribution in [2.24, 2.45) is 0 Å². The Morgan fingerprint density at radius 3 is 1.75 bits per heavy atom. The molecule has 0 aliphatic carbocycles. The highest BCUT2D eigenvalue weighted by atomic mass is 19.4. The van der Waals surface area contributed by atoms with Gasteiger partial charge in [0.15, 0.2) is 0 Å². The van der Waals surface area contributed by atoms with Crippen LogP contribution in [-0.2, 0) is 22.3 Å². The molecule has 0 saturated carbocycles. The first kappa shape index (κ1) is 25.3. The van der Waals surface area contributed by atoms with Crippen molar-refractivity contribution in [2.75, 3.05) is 14.2 Å². The Balaban J connectivity index is 1.54. The molecular weight excluding hydrogens is 523 g/mol. The molecule has 2 amide bonds. The van der Waals surface area contributed by atoms with E-state index in [1.807, 2.05) is 0 Å². The van der Waals surface area contributed by atoms with E-state index in [1.165, 1.54) is 26.4 Å². The highest BCUT2D eigenvalue weighted by Gasteiger charge is 2.41. The van der Waals surface area contributed by atoms with Crippen LogP contribution in [0.3, 0.4) is 0 Å².